The van der Waals surface area contributed by atoms with Gasteiger partial charge < -0.3 is 10.1 Å². The van der Waals surface area contributed by atoms with E-state index in [1.807, 2.05) is 19.1 Å². The number of aryl methyl sites for hydroxylation is 1. The summed E-state index contributed by atoms with van der Waals surface area (Å²) in [5.74, 6) is 0.858. The number of hydrogen-bond donors (Lipinski definition) is 1. The number of para-hydroxylation sites is 1. The van der Waals surface area contributed by atoms with E-state index in [1.54, 1.807) is 34.9 Å². The van der Waals surface area contributed by atoms with E-state index in [0.717, 1.165) is 30.8 Å². The van der Waals surface area contributed by atoms with Gasteiger partial charge in [0.2, 0.25) is 0 Å². The van der Waals surface area contributed by atoms with Gasteiger partial charge in [-0.3, -0.25) is 9.36 Å². The smallest absolute Gasteiger partial charge is 0.251 e. The number of ether oxygens (including phenoxy) is 1. The summed E-state index contributed by atoms with van der Waals surface area (Å²) >= 11 is 1.52. The largest absolute Gasteiger partial charge is 0.377 e. The first-order valence-corrected chi connectivity index (χ1v) is 11.4. The summed E-state index contributed by atoms with van der Waals surface area (Å²) in [6.07, 6.45) is 2.71. The minimum Gasteiger partial charge on any atom is -0.377 e. The summed E-state index contributed by atoms with van der Waals surface area (Å²) in [6.45, 7) is 3.14. The van der Waals surface area contributed by atoms with Crippen molar-refractivity contribution in [3.63, 3.8) is 0 Å². The molecule has 1 aliphatic heterocycles. The quantitative estimate of drug-likeness (QED) is 0.537. The predicted octanol–water partition coefficient (Wildman–Crippen LogP) is 3.96. The fourth-order valence-corrected chi connectivity index (χ4v) is 4.50. The van der Waals surface area contributed by atoms with Gasteiger partial charge in [0.25, 0.3) is 5.91 Å². The van der Waals surface area contributed by atoms with E-state index in [0.29, 0.717) is 35.2 Å². The molecule has 1 aliphatic rings. The fraction of sp³-hybridized carbons (Fsp3) is 0.348. The van der Waals surface area contributed by atoms with Gasteiger partial charge in [-0.2, -0.15) is 0 Å². The van der Waals surface area contributed by atoms with Gasteiger partial charge in [-0.05, 0) is 44.0 Å². The first kappa shape index (κ1) is 21.5. The number of thioether (sulfide) groups is 1. The number of halogens is 1. The van der Waals surface area contributed by atoms with Crippen molar-refractivity contribution in [3.8, 4) is 5.69 Å². The molecule has 1 N–H and O–H groups in total. The van der Waals surface area contributed by atoms with Crippen molar-refractivity contribution in [2.75, 3.05) is 18.9 Å². The van der Waals surface area contributed by atoms with Crippen LogP contribution in [-0.2, 0) is 11.2 Å². The van der Waals surface area contributed by atoms with Gasteiger partial charge in [0.1, 0.15) is 11.6 Å². The maximum atomic E-state index is 14.6. The molecule has 0 bridgehead atoms. The Morgan fingerprint density at radius 1 is 1.23 bits per heavy atom. The minimum atomic E-state index is -0.341. The standard InChI is InChI=1S/C23H25FN4O2S/c1-16-8-10-17(11-9-16)22(29)25-13-12-21-26-27-23(31-15-18-5-4-14-30-18)28(21)20-7-3-2-6-19(20)24/h2-3,6-11,18H,4-5,12-15H2,1H3,(H,25,29)/t18-/m0/s1. The van der Waals surface area contributed by atoms with Crippen molar-refractivity contribution in [2.24, 2.45) is 0 Å². The lowest BCUT2D eigenvalue weighted by atomic mass is 10.1. The second-order valence-corrected chi connectivity index (χ2v) is 8.49. The molecule has 1 atom stereocenters. The first-order valence-electron chi connectivity index (χ1n) is 10.4. The molecule has 0 saturated carbocycles. The average molecular weight is 441 g/mol. The lowest BCUT2D eigenvalue weighted by molar-refractivity contribution is 0.0954. The molecular weight excluding hydrogens is 415 g/mol. The molecule has 0 unspecified atom stereocenters. The van der Waals surface area contributed by atoms with E-state index in [4.69, 9.17) is 4.74 Å². The molecule has 0 spiro atoms. The molecule has 4 rings (SSSR count). The van der Waals surface area contributed by atoms with Crippen LogP contribution in [0.1, 0.15) is 34.6 Å². The molecule has 6 nitrogen and oxygen atoms in total. The Kier molecular flexibility index (Phi) is 6.99. The molecule has 1 fully saturated rings. The molecule has 31 heavy (non-hydrogen) atoms. The second kappa shape index (κ2) is 10.1. The van der Waals surface area contributed by atoms with E-state index < -0.39 is 0 Å². The number of benzene rings is 2. The predicted molar refractivity (Wildman–Crippen MR) is 118 cm³/mol. The molecule has 1 aromatic heterocycles. The SMILES string of the molecule is Cc1ccc(C(=O)NCCc2nnc(SC[C@@H]3CCCO3)n2-c2ccccc2F)cc1. The summed E-state index contributed by atoms with van der Waals surface area (Å²) in [5.41, 5.74) is 2.11. The highest BCUT2D eigenvalue weighted by Gasteiger charge is 2.21. The molecular formula is C23H25FN4O2S. The Labute approximate surface area is 185 Å². The van der Waals surface area contributed by atoms with Gasteiger partial charge in [-0.1, -0.05) is 41.6 Å². The third-order valence-corrected chi connectivity index (χ3v) is 6.22. The Bertz CT molecular complexity index is 1030. The summed E-state index contributed by atoms with van der Waals surface area (Å²) in [4.78, 5) is 12.4. The van der Waals surface area contributed by atoms with Crippen LogP contribution in [0.5, 0.6) is 0 Å². The number of amides is 1. The van der Waals surface area contributed by atoms with Gasteiger partial charge in [0.15, 0.2) is 5.16 Å². The highest BCUT2D eigenvalue weighted by molar-refractivity contribution is 7.99. The van der Waals surface area contributed by atoms with Gasteiger partial charge in [0.05, 0.1) is 11.8 Å². The summed E-state index contributed by atoms with van der Waals surface area (Å²) in [5, 5.41) is 12.1. The van der Waals surface area contributed by atoms with Crippen molar-refractivity contribution in [3.05, 3.63) is 71.3 Å². The molecule has 162 valence electrons. The maximum Gasteiger partial charge on any atom is 0.251 e. The third-order valence-electron chi connectivity index (χ3n) is 5.16. The maximum absolute atomic E-state index is 14.6. The Balaban J connectivity index is 1.47. The third kappa shape index (κ3) is 5.32. The monoisotopic (exact) mass is 440 g/mol. The number of rotatable bonds is 8. The first-order chi connectivity index (χ1) is 15.1. The van der Waals surface area contributed by atoms with Crippen LogP contribution >= 0.6 is 11.8 Å². The molecule has 1 saturated heterocycles. The summed E-state index contributed by atoms with van der Waals surface area (Å²) < 4.78 is 22.0. The molecule has 3 aromatic rings. The van der Waals surface area contributed by atoms with Crippen LogP contribution in [-0.4, -0.2) is 45.7 Å². The van der Waals surface area contributed by atoms with Crippen molar-refractivity contribution >= 4 is 17.7 Å². The summed E-state index contributed by atoms with van der Waals surface area (Å²) in [6, 6.07) is 14.0. The Hall–Kier alpha value is -2.71. The number of aromatic nitrogens is 3. The van der Waals surface area contributed by atoms with E-state index >= 15 is 0 Å². The van der Waals surface area contributed by atoms with Crippen LogP contribution in [0.15, 0.2) is 53.7 Å². The van der Waals surface area contributed by atoms with Crippen molar-refractivity contribution in [1.29, 1.82) is 0 Å². The second-order valence-electron chi connectivity index (χ2n) is 7.50. The molecule has 0 radical (unpaired) electrons. The lowest BCUT2D eigenvalue weighted by Gasteiger charge is -2.13. The lowest BCUT2D eigenvalue weighted by Crippen LogP contribution is -2.26. The van der Waals surface area contributed by atoms with Gasteiger partial charge in [0, 0.05) is 30.9 Å². The number of hydrogen-bond acceptors (Lipinski definition) is 5. The summed E-state index contributed by atoms with van der Waals surface area (Å²) in [7, 11) is 0. The van der Waals surface area contributed by atoms with Crippen molar-refractivity contribution in [1.82, 2.24) is 20.1 Å². The molecule has 1 amide bonds. The normalized spacial score (nSPS) is 15.9. The van der Waals surface area contributed by atoms with Crippen LogP contribution in [0.25, 0.3) is 5.69 Å². The van der Waals surface area contributed by atoms with Gasteiger partial charge >= 0.3 is 0 Å². The van der Waals surface area contributed by atoms with Crippen LogP contribution in [0, 0.1) is 12.7 Å². The van der Waals surface area contributed by atoms with Crippen LogP contribution in [0.4, 0.5) is 4.39 Å². The Morgan fingerprint density at radius 3 is 2.77 bits per heavy atom. The minimum absolute atomic E-state index is 0.148. The number of nitrogens with one attached hydrogen (secondary N) is 1. The number of carbonyl (C=O) groups excluding carboxylic acids is 1. The van der Waals surface area contributed by atoms with E-state index in [9.17, 15) is 9.18 Å². The van der Waals surface area contributed by atoms with Gasteiger partial charge in [-0.25, -0.2) is 4.39 Å². The van der Waals surface area contributed by atoms with Gasteiger partial charge in [-0.15, -0.1) is 10.2 Å². The molecule has 0 aliphatic carbocycles. The van der Waals surface area contributed by atoms with E-state index in [-0.39, 0.29) is 17.8 Å². The molecule has 8 heteroatoms. The van der Waals surface area contributed by atoms with Crippen LogP contribution in [0.3, 0.4) is 0 Å². The average Bonchev–Trinajstić information content (AvgIpc) is 3.43. The Morgan fingerprint density at radius 2 is 2.03 bits per heavy atom. The zero-order valence-electron chi connectivity index (χ0n) is 17.4. The van der Waals surface area contributed by atoms with Crippen LogP contribution in [0.2, 0.25) is 0 Å². The van der Waals surface area contributed by atoms with Crippen molar-refractivity contribution < 1.29 is 13.9 Å². The highest BCUT2D eigenvalue weighted by Crippen LogP contribution is 2.27. The molecule has 2 aromatic carbocycles. The zero-order valence-corrected chi connectivity index (χ0v) is 18.2. The van der Waals surface area contributed by atoms with Crippen LogP contribution < -0.4 is 5.32 Å². The fourth-order valence-electron chi connectivity index (χ4n) is 3.47. The highest BCUT2D eigenvalue weighted by atomic mass is 32.2. The van der Waals surface area contributed by atoms with E-state index in [1.165, 1.54) is 17.8 Å². The zero-order chi connectivity index (χ0) is 21.6. The topological polar surface area (TPSA) is 69.0 Å². The van der Waals surface area contributed by atoms with E-state index in [2.05, 4.69) is 15.5 Å². The number of nitrogens with zero attached hydrogens (tertiary/aromatic N) is 3. The molecule has 2 heterocycles. The number of carbonyl (C=O) groups is 1. The van der Waals surface area contributed by atoms with Crippen molar-refractivity contribution in [2.45, 2.75) is 37.4 Å².